The minimum absolute atomic E-state index is 0.0554. The van der Waals surface area contributed by atoms with Gasteiger partial charge in [-0.25, -0.2) is 0 Å². The number of rotatable bonds is 7. The van der Waals surface area contributed by atoms with Crippen molar-refractivity contribution in [3.05, 3.63) is 35.4 Å². The maximum atomic E-state index is 12.3. The van der Waals surface area contributed by atoms with Gasteiger partial charge >= 0.3 is 5.97 Å². The molecular weight excluding hydrogens is 266 g/mol. The quantitative estimate of drug-likeness (QED) is 0.726. The monoisotopic (exact) mass is 291 g/mol. The van der Waals surface area contributed by atoms with Crippen LogP contribution < -0.4 is 0 Å². The molecule has 1 aromatic rings. The number of carbonyl (C=O) groups excluding carboxylic acids is 2. The molecule has 4 heteroatoms. The first-order chi connectivity index (χ1) is 9.93. The molecule has 0 aromatic heterocycles. The van der Waals surface area contributed by atoms with Gasteiger partial charge in [-0.1, -0.05) is 43.7 Å². The van der Waals surface area contributed by atoms with Crippen LogP contribution in [0.25, 0.3) is 0 Å². The Morgan fingerprint density at radius 2 is 1.81 bits per heavy atom. The first kappa shape index (κ1) is 17.2. The van der Waals surface area contributed by atoms with E-state index < -0.39 is 0 Å². The Morgan fingerprint density at radius 3 is 2.33 bits per heavy atom. The summed E-state index contributed by atoms with van der Waals surface area (Å²) in [6.45, 7) is 8.84. The van der Waals surface area contributed by atoms with Gasteiger partial charge in [0.25, 0.3) is 0 Å². The van der Waals surface area contributed by atoms with Crippen molar-refractivity contribution in [1.29, 1.82) is 0 Å². The fourth-order valence-corrected chi connectivity index (χ4v) is 2.01. The molecule has 0 bridgehead atoms. The molecule has 1 amide bonds. The fourth-order valence-electron chi connectivity index (χ4n) is 2.01. The van der Waals surface area contributed by atoms with Crippen molar-refractivity contribution >= 4 is 11.9 Å². The van der Waals surface area contributed by atoms with Crippen molar-refractivity contribution in [1.82, 2.24) is 4.90 Å². The van der Waals surface area contributed by atoms with Crippen LogP contribution in [0.3, 0.4) is 0 Å². The molecule has 0 aliphatic heterocycles. The molecule has 0 saturated heterocycles. The second-order valence-corrected chi connectivity index (χ2v) is 5.46. The van der Waals surface area contributed by atoms with Gasteiger partial charge < -0.3 is 9.64 Å². The molecular formula is C17H25NO3. The molecule has 0 aliphatic rings. The predicted octanol–water partition coefficient (Wildman–Crippen LogP) is 2.93. The summed E-state index contributed by atoms with van der Waals surface area (Å²) in [6.07, 6.45) is 0.234. The van der Waals surface area contributed by atoms with E-state index in [4.69, 9.17) is 4.74 Å². The van der Waals surface area contributed by atoms with Gasteiger partial charge in [0.15, 0.2) is 0 Å². The van der Waals surface area contributed by atoms with Gasteiger partial charge in [-0.05, 0) is 19.4 Å². The molecule has 0 radical (unpaired) electrons. The number of esters is 1. The van der Waals surface area contributed by atoms with E-state index in [-0.39, 0.29) is 24.2 Å². The van der Waals surface area contributed by atoms with E-state index in [1.807, 2.05) is 45.0 Å². The van der Waals surface area contributed by atoms with Crippen LogP contribution in [0.15, 0.2) is 24.3 Å². The molecule has 0 unspecified atom stereocenters. The van der Waals surface area contributed by atoms with Crippen LogP contribution in [0.1, 0.15) is 38.3 Å². The number of hydrogen-bond donors (Lipinski definition) is 0. The topological polar surface area (TPSA) is 46.6 Å². The molecule has 4 nitrogen and oxygen atoms in total. The lowest BCUT2D eigenvalue weighted by Crippen LogP contribution is -2.35. The van der Waals surface area contributed by atoms with Gasteiger partial charge in [-0.3, -0.25) is 9.59 Å². The number of ether oxygens (including phenoxy) is 1. The summed E-state index contributed by atoms with van der Waals surface area (Å²) in [6, 6.07) is 8.08. The van der Waals surface area contributed by atoms with Crippen molar-refractivity contribution in [2.24, 2.45) is 5.92 Å². The lowest BCUT2D eigenvalue weighted by molar-refractivity contribution is -0.144. The molecule has 0 atom stereocenters. The standard InChI is InChI=1S/C17H25NO3/c1-5-21-16(19)10-11-18(17(20)13(2)3)12-15-8-6-14(4)7-9-15/h6-9,13H,5,10-12H2,1-4H3. The van der Waals surface area contributed by atoms with E-state index in [1.165, 1.54) is 5.56 Å². The van der Waals surface area contributed by atoms with Crippen molar-refractivity contribution in [3.63, 3.8) is 0 Å². The molecule has 116 valence electrons. The second kappa shape index (κ2) is 8.45. The highest BCUT2D eigenvalue weighted by Crippen LogP contribution is 2.11. The Morgan fingerprint density at radius 1 is 1.19 bits per heavy atom. The van der Waals surface area contributed by atoms with Crippen LogP contribution in [-0.2, 0) is 20.9 Å². The van der Waals surface area contributed by atoms with Crippen LogP contribution in [0, 0.1) is 12.8 Å². The summed E-state index contributed by atoms with van der Waals surface area (Å²) in [7, 11) is 0. The largest absolute Gasteiger partial charge is 0.466 e. The minimum Gasteiger partial charge on any atom is -0.466 e. The zero-order chi connectivity index (χ0) is 15.8. The van der Waals surface area contributed by atoms with Gasteiger partial charge in [0, 0.05) is 19.0 Å². The van der Waals surface area contributed by atoms with Crippen molar-refractivity contribution < 1.29 is 14.3 Å². The highest BCUT2D eigenvalue weighted by molar-refractivity contribution is 5.79. The second-order valence-electron chi connectivity index (χ2n) is 5.46. The molecule has 0 N–H and O–H groups in total. The predicted molar refractivity (Wildman–Crippen MR) is 82.7 cm³/mol. The zero-order valence-electron chi connectivity index (χ0n) is 13.4. The maximum absolute atomic E-state index is 12.3. The average Bonchev–Trinajstić information content (AvgIpc) is 2.45. The van der Waals surface area contributed by atoms with E-state index in [9.17, 15) is 9.59 Å². The highest BCUT2D eigenvalue weighted by Gasteiger charge is 2.18. The van der Waals surface area contributed by atoms with Gasteiger partial charge in [0.1, 0.15) is 0 Å². The van der Waals surface area contributed by atoms with Gasteiger partial charge in [-0.15, -0.1) is 0 Å². The van der Waals surface area contributed by atoms with Crippen molar-refractivity contribution in [3.8, 4) is 0 Å². The Labute approximate surface area is 127 Å². The number of amides is 1. The Hall–Kier alpha value is -1.84. The molecule has 0 aliphatic carbocycles. The number of nitrogens with zero attached hydrogens (tertiary/aromatic N) is 1. The van der Waals surface area contributed by atoms with Crippen LogP contribution in [0.2, 0.25) is 0 Å². The van der Waals surface area contributed by atoms with E-state index in [1.54, 1.807) is 11.8 Å². The fraction of sp³-hybridized carbons (Fsp3) is 0.529. The summed E-state index contributed by atoms with van der Waals surface area (Å²) < 4.78 is 4.92. The van der Waals surface area contributed by atoms with E-state index in [0.29, 0.717) is 19.7 Å². The van der Waals surface area contributed by atoms with Crippen LogP contribution in [0.4, 0.5) is 0 Å². The molecule has 0 spiro atoms. The SMILES string of the molecule is CCOC(=O)CCN(Cc1ccc(C)cc1)C(=O)C(C)C. The molecule has 0 fully saturated rings. The van der Waals surface area contributed by atoms with E-state index in [0.717, 1.165) is 5.56 Å². The van der Waals surface area contributed by atoms with Crippen LogP contribution in [-0.4, -0.2) is 29.9 Å². The molecule has 0 heterocycles. The molecule has 1 rings (SSSR count). The maximum Gasteiger partial charge on any atom is 0.307 e. The number of benzene rings is 1. The van der Waals surface area contributed by atoms with Crippen molar-refractivity contribution in [2.75, 3.05) is 13.2 Å². The van der Waals surface area contributed by atoms with Crippen LogP contribution in [0.5, 0.6) is 0 Å². The van der Waals surface area contributed by atoms with Gasteiger partial charge in [0.05, 0.1) is 13.0 Å². The first-order valence-corrected chi connectivity index (χ1v) is 7.44. The summed E-state index contributed by atoms with van der Waals surface area (Å²) in [5.74, 6) is -0.291. The average molecular weight is 291 g/mol. The third kappa shape index (κ3) is 5.98. The van der Waals surface area contributed by atoms with Crippen LogP contribution >= 0.6 is 0 Å². The smallest absolute Gasteiger partial charge is 0.307 e. The lowest BCUT2D eigenvalue weighted by atomic mass is 10.1. The number of carbonyl (C=O) groups is 2. The molecule has 0 saturated carbocycles. The zero-order valence-corrected chi connectivity index (χ0v) is 13.4. The lowest BCUT2D eigenvalue weighted by Gasteiger charge is -2.24. The summed E-state index contributed by atoms with van der Waals surface area (Å²) in [5, 5.41) is 0. The summed E-state index contributed by atoms with van der Waals surface area (Å²) in [4.78, 5) is 25.5. The van der Waals surface area contributed by atoms with Gasteiger partial charge in [-0.2, -0.15) is 0 Å². The molecule has 21 heavy (non-hydrogen) atoms. The first-order valence-electron chi connectivity index (χ1n) is 7.44. The van der Waals surface area contributed by atoms with E-state index in [2.05, 4.69) is 0 Å². The van der Waals surface area contributed by atoms with E-state index >= 15 is 0 Å². The number of aryl methyl sites for hydroxylation is 1. The highest BCUT2D eigenvalue weighted by atomic mass is 16.5. The normalized spacial score (nSPS) is 10.5. The molecule has 1 aromatic carbocycles. The third-order valence-electron chi connectivity index (χ3n) is 3.19. The Kier molecular flexibility index (Phi) is 6.92. The minimum atomic E-state index is -0.261. The summed E-state index contributed by atoms with van der Waals surface area (Å²) >= 11 is 0. The van der Waals surface area contributed by atoms with Gasteiger partial charge in [0.2, 0.25) is 5.91 Å². The van der Waals surface area contributed by atoms with Crippen molar-refractivity contribution in [2.45, 2.75) is 40.7 Å². The Balaban J connectivity index is 2.70. The third-order valence-corrected chi connectivity index (χ3v) is 3.19. The Bertz CT molecular complexity index is 465. The number of hydrogen-bond acceptors (Lipinski definition) is 3. The summed E-state index contributed by atoms with van der Waals surface area (Å²) in [5.41, 5.74) is 2.26.